The van der Waals surface area contributed by atoms with Gasteiger partial charge in [-0.15, -0.1) is 9.34 Å². The quantitative estimate of drug-likeness (QED) is 0.801. The summed E-state index contributed by atoms with van der Waals surface area (Å²) in [5, 5.41) is 0. The van der Waals surface area contributed by atoms with E-state index in [4.69, 9.17) is 0 Å². The second-order valence-electron chi connectivity index (χ2n) is 6.60. The first-order chi connectivity index (χ1) is 11.5. The van der Waals surface area contributed by atoms with E-state index in [1.807, 2.05) is 45.0 Å². The Morgan fingerprint density at radius 1 is 0.833 bits per heavy atom. The Morgan fingerprint density at radius 2 is 1.21 bits per heavy atom. The van der Waals surface area contributed by atoms with Crippen molar-refractivity contribution >= 4 is 7.94 Å². The summed E-state index contributed by atoms with van der Waals surface area (Å²) in [6.45, 7) is 0. The van der Waals surface area contributed by atoms with E-state index in [2.05, 4.69) is 57.9 Å². The molecule has 1 aliphatic heterocycles. The average molecular weight is 343 g/mol. The predicted molar refractivity (Wildman–Crippen MR) is 99.1 cm³/mol. The van der Waals surface area contributed by atoms with Crippen molar-refractivity contribution in [1.29, 1.82) is 0 Å². The summed E-state index contributed by atoms with van der Waals surface area (Å²) in [5.41, 5.74) is 2.44. The zero-order chi connectivity index (χ0) is 17.3. The third kappa shape index (κ3) is 2.90. The highest BCUT2D eigenvalue weighted by Gasteiger charge is 2.52. The van der Waals surface area contributed by atoms with E-state index < -0.39 is 7.94 Å². The first-order valence-corrected chi connectivity index (χ1v) is 9.87. The molecule has 1 fully saturated rings. The lowest BCUT2D eigenvalue weighted by Gasteiger charge is -2.55. The molecule has 0 saturated carbocycles. The minimum absolute atomic E-state index is 0.126. The molecular formula is C19H26N3OP. The van der Waals surface area contributed by atoms with E-state index >= 15 is 0 Å². The maximum atomic E-state index is 13.9. The van der Waals surface area contributed by atoms with Crippen molar-refractivity contribution in [2.45, 2.75) is 18.5 Å². The van der Waals surface area contributed by atoms with Gasteiger partial charge in [0, 0.05) is 28.2 Å². The van der Waals surface area contributed by atoms with Gasteiger partial charge in [0.25, 0.3) is 0 Å². The largest absolute Gasteiger partial charge is 0.636 e. The molecule has 2 atom stereocenters. The molecule has 2 aromatic rings. The zero-order valence-corrected chi connectivity index (χ0v) is 15.7. The molecule has 128 valence electrons. The van der Waals surface area contributed by atoms with Gasteiger partial charge in [-0.3, -0.25) is 0 Å². The fourth-order valence-electron chi connectivity index (χ4n) is 3.72. The summed E-state index contributed by atoms with van der Waals surface area (Å²) >= 11 is 0. The van der Waals surface area contributed by atoms with Crippen LogP contribution in [0.3, 0.4) is 0 Å². The van der Waals surface area contributed by atoms with Crippen LogP contribution in [0.2, 0.25) is 0 Å². The highest BCUT2D eigenvalue weighted by Crippen LogP contribution is 2.67. The number of nitrogens with zero attached hydrogens (tertiary/aromatic N) is 3. The molecule has 2 aromatic carbocycles. The van der Waals surface area contributed by atoms with Gasteiger partial charge >= 0.3 is 0 Å². The number of rotatable bonds is 3. The van der Waals surface area contributed by atoms with E-state index in [1.54, 1.807) is 0 Å². The van der Waals surface area contributed by atoms with Gasteiger partial charge in [0.1, 0.15) is 0 Å². The summed E-state index contributed by atoms with van der Waals surface area (Å²) in [6.07, 6.45) is 0.916. The molecule has 1 heterocycles. The fourth-order valence-corrected chi connectivity index (χ4v) is 6.48. The lowest BCUT2D eigenvalue weighted by molar-refractivity contribution is -0.214. The Balaban J connectivity index is 2.06. The smallest absolute Gasteiger partial charge is 0.185 e. The second-order valence-corrected chi connectivity index (χ2v) is 9.68. The molecule has 1 aliphatic rings. The van der Waals surface area contributed by atoms with Crippen LogP contribution < -0.4 is 4.89 Å². The SMILES string of the molecule is CN(C)[P+]1([O-])N(C)[C@H](c2ccccc2)C[C@@H](c2ccccc2)N1C. The molecule has 0 N–H and O–H groups in total. The van der Waals surface area contributed by atoms with E-state index in [-0.39, 0.29) is 12.1 Å². The van der Waals surface area contributed by atoms with Gasteiger partial charge in [-0.25, -0.2) is 0 Å². The van der Waals surface area contributed by atoms with E-state index in [1.165, 1.54) is 11.1 Å². The molecule has 0 spiro atoms. The van der Waals surface area contributed by atoms with Crippen LogP contribution in [0.5, 0.6) is 0 Å². The first kappa shape index (κ1) is 17.5. The summed E-state index contributed by atoms with van der Waals surface area (Å²) in [6, 6.07) is 21.1. The molecule has 0 amide bonds. The van der Waals surface area contributed by atoms with Crippen LogP contribution in [0.15, 0.2) is 60.7 Å². The van der Waals surface area contributed by atoms with Crippen molar-refractivity contribution in [3.05, 3.63) is 71.8 Å². The van der Waals surface area contributed by atoms with Crippen LogP contribution in [0.4, 0.5) is 0 Å². The topological polar surface area (TPSA) is 32.8 Å². The summed E-state index contributed by atoms with van der Waals surface area (Å²) in [4.78, 5) is 13.9. The number of hydrogen-bond donors (Lipinski definition) is 0. The van der Waals surface area contributed by atoms with Gasteiger partial charge in [-0.2, -0.15) is 4.67 Å². The van der Waals surface area contributed by atoms with Crippen LogP contribution >= 0.6 is 7.94 Å². The molecule has 0 aromatic heterocycles. The van der Waals surface area contributed by atoms with E-state index in [0.717, 1.165) is 6.42 Å². The molecule has 0 unspecified atom stereocenters. The molecule has 0 aliphatic carbocycles. The van der Waals surface area contributed by atoms with Crippen LogP contribution in [0.25, 0.3) is 0 Å². The Bertz CT molecular complexity index is 613. The van der Waals surface area contributed by atoms with Crippen LogP contribution in [0.1, 0.15) is 29.6 Å². The van der Waals surface area contributed by atoms with Crippen molar-refractivity contribution < 1.29 is 4.89 Å². The zero-order valence-electron chi connectivity index (χ0n) is 14.8. The van der Waals surface area contributed by atoms with E-state index in [0.29, 0.717) is 0 Å². The first-order valence-electron chi connectivity index (χ1n) is 8.30. The lowest BCUT2D eigenvalue weighted by atomic mass is 9.95. The van der Waals surface area contributed by atoms with E-state index in [9.17, 15) is 4.89 Å². The van der Waals surface area contributed by atoms with Gasteiger partial charge in [0.2, 0.25) is 0 Å². The Labute approximate surface area is 145 Å². The molecule has 3 rings (SSSR count). The lowest BCUT2D eigenvalue weighted by Crippen LogP contribution is -2.52. The van der Waals surface area contributed by atoms with Crippen molar-refractivity contribution in [2.75, 3.05) is 28.2 Å². The minimum Gasteiger partial charge on any atom is -0.636 e. The van der Waals surface area contributed by atoms with Gasteiger partial charge in [0.15, 0.2) is 7.94 Å². The van der Waals surface area contributed by atoms with Crippen molar-refractivity contribution in [3.8, 4) is 0 Å². The Morgan fingerprint density at radius 3 is 1.54 bits per heavy atom. The number of benzene rings is 2. The van der Waals surface area contributed by atoms with Crippen molar-refractivity contribution in [1.82, 2.24) is 14.0 Å². The van der Waals surface area contributed by atoms with Gasteiger partial charge < -0.3 is 4.89 Å². The third-order valence-electron chi connectivity index (χ3n) is 5.06. The Hall–Kier alpha value is -1.29. The van der Waals surface area contributed by atoms with Crippen LogP contribution in [-0.4, -0.2) is 42.2 Å². The third-order valence-corrected chi connectivity index (χ3v) is 8.30. The second kappa shape index (κ2) is 6.91. The van der Waals surface area contributed by atoms with Crippen molar-refractivity contribution in [3.63, 3.8) is 0 Å². The highest BCUT2D eigenvalue weighted by atomic mass is 31.2. The summed E-state index contributed by atoms with van der Waals surface area (Å²) < 4.78 is 5.99. The summed E-state index contributed by atoms with van der Waals surface area (Å²) in [7, 11) is 4.97. The predicted octanol–water partition coefficient (Wildman–Crippen LogP) is 3.34. The molecule has 24 heavy (non-hydrogen) atoms. The number of hydrogen-bond acceptors (Lipinski definition) is 4. The molecule has 4 nitrogen and oxygen atoms in total. The Kier molecular flexibility index (Phi) is 5.05. The van der Waals surface area contributed by atoms with Crippen LogP contribution in [0, 0.1) is 0 Å². The van der Waals surface area contributed by atoms with Gasteiger partial charge in [-0.05, 0) is 17.5 Å². The monoisotopic (exact) mass is 343 g/mol. The molecule has 0 bridgehead atoms. The fraction of sp³-hybridized carbons (Fsp3) is 0.368. The average Bonchev–Trinajstić information content (AvgIpc) is 2.61. The summed E-state index contributed by atoms with van der Waals surface area (Å²) in [5.74, 6) is 0. The molecular weight excluding hydrogens is 317 g/mol. The highest BCUT2D eigenvalue weighted by molar-refractivity contribution is 7.61. The molecule has 1 saturated heterocycles. The maximum Gasteiger partial charge on any atom is 0.185 e. The minimum atomic E-state index is -2.81. The molecule has 5 heteroatoms. The van der Waals surface area contributed by atoms with Gasteiger partial charge in [-0.1, -0.05) is 60.7 Å². The molecule has 0 radical (unpaired) electrons. The maximum absolute atomic E-state index is 13.9. The standard InChI is InChI=1S/C19H26N3OP/c1-20(2)24(23)21(3)18(16-11-7-5-8-12-16)15-19(22(24)4)17-13-9-6-10-14-17/h5-14,18-19H,15H2,1-4H3/t18-,19-/m0/s1. The van der Waals surface area contributed by atoms with Gasteiger partial charge in [0.05, 0.1) is 12.1 Å². The normalized spacial score (nSPS) is 29.1. The van der Waals surface area contributed by atoms with Crippen molar-refractivity contribution in [2.24, 2.45) is 0 Å². The van der Waals surface area contributed by atoms with Crippen LogP contribution in [-0.2, 0) is 0 Å².